The highest BCUT2D eigenvalue weighted by molar-refractivity contribution is 7.22. The molecule has 0 aliphatic carbocycles. The Morgan fingerprint density at radius 3 is 2.74 bits per heavy atom. The fourth-order valence-corrected chi connectivity index (χ4v) is 4.18. The molecule has 0 bridgehead atoms. The molecule has 0 unspecified atom stereocenters. The van der Waals surface area contributed by atoms with E-state index in [4.69, 9.17) is 23.2 Å². The van der Waals surface area contributed by atoms with E-state index in [1.807, 2.05) is 36.5 Å². The fourth-order valence-electron chi connectivity index (χ4n) is 2.70. The number of fused-ring (bicyclic) bond motifs is 1. The van der Waals surface area contributed by atoms with Crippen LogP contribution in [0.2, 0.25) is 10.0 Å². The molecule has 0 saturated heterocycles. The first-order valence-corrected chi connectivity index (χ1v) is 9.79. The molecule has 2 heterocycles. The summed E-state index contributed by atoms with van der Waals surface area (Å²) in [4.78, 5) is 19.5. The number of thiazole rings is 1. The van der Waals surface area contributed by atoms with Crippen molar-refractivity contribution in [2.45, 2.75) is 6.54 Å². The molecule has 0 radical (unpaired) electrons. The zero-order valence-corrected chi connectivity index (χ0v) is 16.4. The third kappa shape index (κ3) is 3.83. The van der Waals surface area contributed by atoms with Crippen molar-refractivity contribution in [1.29, 1.82) is 0 Å². The lowest BCUT2D eigenvalue weighted by molar-refractivity contribution is 0.0986. The zero-order chi connectivity index (χ0) is 18.8. The topological polar surface area (TPSA) is 51.0 Å². The van der Waals surface area contributed by atoms with Gasteiger partial charge in [-0.25, -0.2) is 4.98 Å². The molecule has 8 heteroatoms. The van der Waals surface area contributed by atoms with Gasteiger partial charge < -0.3 is 0 Å². The van der Waals surface area contributed by atoms with E-state index in [-0.39, 0.29) is 5.91 Å². The SMILES string of the molecule is O=C(c1ccc(Cl)cc1Cl)N(CCn1cccn1)c1nc2ccccc2s1. The Morgan fingerprint density at radius 2 is 2.00 bits per heavy atom. The number of anilines is 1. The molecule has 0 fully saturated rings. The third-order valence-corrected chi connectivity index (χ3v) is 5.64. The standard InChI is InChI=1S/C19H14Cl2N4OS/c20-13-6-7-14(15(21)12-13)18(26)25(11-10-24-9-3-8-22-24)19-23-16-4-1-2-5-17(16)27-19/h1-9,12H,10-11H2. The minimum absolute atomic E-state index is 0.220. The minimum atomic E-state index is -0.220. The number of carbonyl (C=O) groups excluding carboxylic acids is 1. The summed E-state index contributed by atoms with van der Waals surface area (Å²) in [6.07, 6.45) is 3.57. The summed E-state index contributed by atoms with van der Waals surface area (Å²) in [7, 11) is 0. The summed E-state index contributed by atoms with van der Waals surface area (Å²) in [5.74, 6) is -0.220. The van der Waals surface area contributed by atoms with Crippen LogP contribution in [0.5, 0.6) is 0 Å². The van der Waals surface area contributed by atoms with Crippen LogP contribution in [0.3, 0.4) is 0 Å². The average molecular weight is 417 g/mol. The van der Waals surface area contributed by atoms with Crippen LogP contribution in [0, 0.1) is 0 Å². The predicted molar refractivity (Wildman–Crippen MR) is 110 cm³/mol. The van der Waals surface area contributed by atoms with E-state index in [2.05, 4.69) is 10.1 Å². The molecule has 0 aliphatic heterocycles. The van der Waals surface area contributed by atoms with E-state index in [0.717, 1.165) is 10.2 Å². The van der Waals surface area contributed by atoms with Crippen LogP contribution < -0.4 is 4.90 Å². The van der Waals surface area contributed by atoms with Crippen LogP contribution in [0.15, 0.2) is 60.9 Å². The summed E-state index contributed by atoms with van der Waals surface area (Å²) in [5, 5.41) is 5.63. The van der Waals surface area contributed by atoms with E-state index < -0.39 is 0 Å². The van der Waals surface area contributed by atoms with Crippen molar-refractivity contribution in [3.63, 3.8) is 0 Å². The Kier molecular flexibility index (Phi) is 5.11. The van der Waals surface area contributed by atoms with Crippen LogP contribution in [-0.4, -0.2) is 27.2 Å². The Morgan fingerprint density at radius 1 is 1.15 bits per heavy atom. The summed E-state index contributed by atoms with van der Waals surface area (Å²) in [6.45, 7) is 0.958. The first-order valence-electron chi connectivity index (χ1n) is 8.22. The second kappa shape index (κ2) is 7.68. The van der Waals surface area contributed by atoms with Crippen molar-refractivity contribution >= 4 is 55.8 Å². The number of hydrogen-bond donors (Lipinski definition) is 0. The van der Waals surface area contributed by atoms with Gasteiger partial charge in [0, 0.05) is 24.0 Å². The summed E-state index contributed by atoms with van der Waals surface area (Å²) in [5.41, 5.74) is 1.25. The molecular weight excluding hydrogens is 403 g/mol. The Labute approximate surface area is 169 Å². The minimum Gasteiger partial charge on any atom is -0.282 e. The van der Waals surface area contributed by atoms with Crippen molar-refractivity contribution < 1.29 is 4.79 Å². The predicted octanol–water partition coefficient (Wildman–Crippen LogP) is 5.15. The van der Waals surface area contributed by atoms with Gasteiger partial charge in [-0.15, -0.1) is 0 Å². The van der Waals surface area contributed by atoms with Crippen LogP contribution in [0.1, 0.15) is 10.4 Å². The lowest BCUT2D eigenvalue weighted by Crippen LogP contribution is -2.34. The van der Waals surface area contributed by atoms with Gasteiger partial charge in [-0.3, -0.25) is 14.4 Å². The lowest BCUT2D eigenvalue weighted by atomic mass is 10.2. The van der Waals surface area contributed by atoms with Gasteiger partial charge in [0.05, 0.1) is 27.3 Å². The van der Waals surface area contributed by atoms with Crippen molar-refractivity contribution in [3.05, 3.63) is 76.5 Å². The van der Waals surface area contributed by atoms with Gasteiger partial charge in [-0.2, -0.15) is 5.10 Å². The first-order chi connectivity index (χ1) is 13.1. The Balaban J connectivity index is 1.71. The fraction of sp³-hybridized carbons (Fsp3) is 0.105. The molecule has 5 nitrogen and oxygen atoms in total. The van der Waals surface area contributed by atoms with Crippen LogP contribution in [-0.2, 0) is 6.54 Å². The monoisotopic (exact) mass is 416 g/mol. The number of nitrogens with zero attached hydrogens (tertiary/aromatic N) is 4. The highest BCUT2D eigenvalue weighted by atomic mass is 35.5. The van der Waals surface area contributed by atoms with Gasteiger partial charge in [0.15, 0.2) is 5.13 Å². The van der Waals surface area contributed by atoms with Crippen molar-refractivity contribution in [2.24, 2.45) is 0 Å². The van der Waals surface area contributed by atoms with E-state index in [9.17, 15) is 4.79 Å². The zero-order valence-electron chi connectivity index (χ0n) is 14.0. The maximum atomic E-state index is 13.2. The molecule has 0 spiro atoms. The lowest BCUT2D eigenvalue weighted by Gasteiger charge is -2.20. The average Bonchev–Trinajstić information content (AvgIpc) is 3.31. The molecule has 0 atom stereocenters. The Hall–Kier alpha value is -2.41. The quantitative estimate of drug-likeness (QED) is 0.452. The van der Waals surface area contributed by atoms with Gasteiger partial charge in [-0.1, -0.05) is 46.7 Å². The molecule has 136 valence electrons. The normalized spacial score (nSPS) is 11.0. The number of amides is 1. The highest BCUT2D eigenvalue weighted by Gasteiger charge is 2.23. The second-order valence-corrected chi connectivity index (χ2v) is 7.67. The summed E-state index contributed by atoms with van der Waals surface area (Å²) in [6, 6.07) is 14.5. The van der Waals surface area contributed by atoms with Gasteiger partial charge in [-0.05, 0) is 36.4 Å². The van der Waals surface area contributed by atoms with Crippen molar-refractivity contribution in [3.8, 4) is 0 Å². The number of halogens is 2. The molecule has 0 N–H and O–H groups in total. The molecule has 0 aliphatic rings. The number of benzene rings is 2. The number of para-hydroxylation sites is 1. The largest absolute Gasteiger partial charge is 0.282 e. The third-order valence-electron chi connectivity index (χ3n) is 4.03. The maximum absolute atomic E-state index is 13.2. The van der Waals surface area contributed by atoms with E-state index >= 15 is 0 Å². The van der Waals surface area contributed by atoms with E-state index in [1.54, 1.807) is 34.0 Å². The molecule has 2 aromatic carbocycles. The van der Waals surface area contributed by atoms with Gasteiger partial charge >= 0.3 is 0 Å². The van der Waals surface area contributed by atoms with Crippen LogP contribution in [0.25, 0.3) is 10.2 Å². The maximum Gasteiger partial charge on any atom is 0.261 e. The van der Waals surface area contributed by atoms with Crippen LogP contribution >= 0.6 is 34.5 Å². The van der Waals surface area contributed by atoms with Gasteiger partial charge in [0.2, 0.25) is 0 Å². The van der Waals surface area contributed by atoms with Crippen LogP contribution in [0.4, 0.5) is 5.13 Å². The van der Waals surface area contributed by atoms with Crippen molar-refractivity contribution in [1.82, 2.24) is 14.8 Å². The van der Waals surface area contributed by atoms with E-state index in [1.165, 1.54) is 11.3 Å². The molecular formula is C19H14Cl2N4OS. The molecule has 0 saturated carbocycles. The highest BCUT2D eigenvalue weighted by Crippen LogP contribution is 2.31. The summed E-state index contributed by atoms with van der Waals surface area (Å²) >= 11 is 13.7. The molecule has 1 amide bonds. The molecule has 4 rings (SSSR count). The number of hydrogen-bond acceptors (Lipinski definition) is 4. The van der Waals surface area contributed by atoms with Gasteiger partial charge in [0.25, 0.3) is 5.91 Å². The summed E-state index contributed by atoms with van der Waals surface area (Å²) < 4.78 is 2.79. The van der Waals surface area contributed by atoms with E-state index in [0.29, 0.717) is 33.8 Å². The molecule has 2 aromatic heterocycles. The number of rotatable bonds is 5. The number of aromatic nitrogens is 3. The number of carbonyl (C=O) groups is 1. The second-order valence-electron chi connectivity index (χ2n) is 5.81. The first kappa shape index (κ1) is 18.0. The van der Waals surface area contributed by atoms with Gasteiger partial charge in [0.1, 0.15) is 0 Å². The molecule has 27 heavy (non-hydrogen) atoms. The van der Waals surface area contributed by atoms with Crippen molar-refractivity contribution in [2.75, 3.05) is 11.4 Å². The Bertz CT molecular complexity index is 1060. The smallest absolute Gasteiger partial charge is 0.261 e. The molecule has 4 aromatic rings.